The zero-order chi connectivity index (χ0) is 20.9. The van der Waals surface area contributed by atoms with Crippen molar-refractivity contribution in [3.05, 3.63) is 64.4 Å². The smallest absolute Gasteiger partial charge is 0.252 e. The number of aromatic nitrogens is 1. The zero-order valence-electron chi connectivity index (χ0n) is 16.5. The molecule has 0 unspecified atom stereocenters. The Balaban J connectivity index is 1.50. The number of nitrogens with one attached hydrogen (secondary N) is 1. The molecule has 8 heteroatoms. The summed E-state index contributed by atoms with van der Waals surface area (Å²) in [4.78, 5) is 16.8. The molecule has 156 valence electrons. The molecule has 1 amide bonds. The Morgan fingerprint density at radius 2 is 2.07 bits per heavy atom. The average molecular weight is 436 g/mol. The van der Waals surface area contributed by atoms with E-state index in [-0.39, 0.29) is 11.8 Å². The molecule has 1 N–H and O–H groups in total. The topological polar surface area (TPSA) is 79.4 Å². The summed E-state index contributed by atoms with van der Waals surface area (Å²) in [5.41, 5.74) is 2.40. The van der Waals surface area contributed by atoms with E-state index in [9.17, 15) is 13.2 Å². The van der Waals surface area contributed by atoms with Gasteiger partial charge in [-0.05, 0) is 49.4 Å². The first-order chi connectivity index (χ1) is 13.8. The molecule has 1 fully saturated rings. The molecule has 1 aliphatic heterocycles. The molecule has 0 saturated carbocycles. The number of benzene rings is 1. The van der Waals surface area contributed by atoms with Crippen molar-refractivity contribution in [1.29, 1.82) is 0 Å². The fourth-order valence-electron chi connectivity index (χ4n) is 3.55. The molecular formula is C21H26ClN3O3S. The molecule has 29 heavy (non-hydrogen) atoms. The number of halogens is 1. The van der Waals surface area contributed by atoms with Gasteiger partial charge in [0.25, 0.3) is 5.91 Å². The molecule has 2 heterocycles. The summed E-state index contributed by atoms with van der Waals surface area (Å²) >= 11 is 6.14. The Hall–Kier alpha value is -1.96. The third-order valence-corrected chi connectivity index (χ3v) is 6.82. The van der Waals surface area contributed by atoms with E-state index in [2.05, 4.69) is 10.3 Å². The third-order valence-electron chi connectivity index (χ3n) is 5.19. The maximum Gasteiger partial charge on any atom is 0.252 e. The first-order valence-electron chi connectivity index (χ1n) is 9.77. The summed E-state index contributed by atoms with van der Waals surface area (Å²) in [6, 6.07) is 11.3. The number of hydrogen-bond acceptors (Lipinski definition) is 4. The molecule has 6 nitrogen and oxygen atoms in total. The largest absolute Gasteiger partial charge is 0.352 e. The van der Waals surface area contributed by atoms with Crippen molar-refractivity contribution in [2.75, 3.05) is 25.9 Å². The Bertz CT molecular complexity index is 948. The molecular weight excluding hydrogens is 410 g/mol. The quantitative estimate of drug-likeness (QED) is 0.677. The molecule has 0 radical (unpaired) electrons. The summed E-state index contributed by atoms with van der Waals surface area (Å²) in [5, 5.41) is 3.65. The Kier molecular flexibility index (Phi) is 7.27. The fraction of sp³-hybridized carbons (Fsp3) is 0.429. The van der Waals surface area contributed by atoms with E-state index in [0.717, 1.165) is 42.0 Å². The van der Waals surface area contributed by atoms with Crippen LogP contribution in [0.25, 0.3) is 0 Å². The van der Waals surface area contributed by atoms with Gasteiger partial charge in [0.2, 0.25) is 10.0 Å². The summed E-state index contributed by atoms with van der Waals surface area (Å²) in [6.07, 6.45) is 6.11. The SMILES string of the molecule is CS(=O)(=O)N1CCC[C@@H](c2ccc(C(=O)NCCCc3ccccc3Cl)cn2)C1. The minimum atomic E-state index is -3.19. The van der Waals surface area contributed by atoms with E-state index in [0.29, 0.717) is 25.2 Å². The van der Waals surface area contributed by atoms with E-state index in [1.54, 1.807) is 12.3 Å². The number of piperidine rings is 1. The maximum absolute atomic E-state index is 12.3. The Labute approximate surface area is 177 Å². The van der Waals surface area contributed by atoms with Crippen LogP contribution in [0.2, 0.25) is 5.02 Å². The Morgan fingerprint density at radius 1 is 1.28 bits per heavy atom. The first kappa shape index (κ1) is 21.7. The van der Waals surface area contributed by atoms with Gasteiger partial charge in [0.1, 0.15) is 0 Å². The molecule has 0 aliphatic carbocycles. The van der Waals surface area contributed by atoms with Crippen LogP contribution in [0.1, 0.15) is 46.8 Å². The van der Waals surface area contributed by atoms with Crippen LogP contribution in [-0.2, 0) is 16.4 Å². The van der Waals surface area contributed by atoms with Crippen LogP contribution in [0.5, 0.6) is 0 Å². The van der Waals surface area contributed by atoms with Gasteiger partial charge in [0, 0.05) is 42.5 Å². The molecule has 2 aromatic rings. The highest BCUT2D eigenvalue weighted by Gasteiger charge is 2.27. The average Bonchev–Trinajstić information content (AvgIpc) is 2.72. The second kappa shape index (κ2) is 9.69. The number of aryl methyl sites for hydroxylation is 1. The van der Waals surface area contributed by atoms with E-state index in [1.807, 2.05) is 30.3 Å². The highest BCUT2D eigenvalue weighted by atomic mass is 35.5. The minimum Gasteiger partial charge on any atom is -0.352 e. The second-order valence-electron chi connectivity index (χ2n) is 7.38. The van der Waals surface area contributed by atoms with Crippen molar-refractivity contribution in [3.63, 3.8) is 0 Å². The lowest BCUT2D eigenvalue weighted by Crippen LogP contribution is -2.38. The second-order valence-corrected chi connectivity index (χ2v) is 9.77. The summed E-state index contributed by atoms with van der Waals surface area (Å²) < 4.78 is 25.1. The number of nitrogens with zero attached hydrogens (tertiary/aromatic N) is 2. The predicted molar refractivity (Wildman–Crippen MR) is 115 cm³/mol. The van der Waals surface area contributed by atoms with Crippen molar-refractivity contribution in [2.45, 2.75) is 31.6 Å². The van der Waals surface area contributed by atoms with E-state index in [4.69, 9.17) is 11.6 Å². The number of pyridine rings is 1. The van der Waals surface area contributed by atoms with Crippen molar-refractivity contribution in [1.82, 2.24) is 14.6 Å². The van der Waals surface area contributed by atoms with Gasteiger partial charge >= 0.3 is 0 Å². The summed E-state index contributed by atoms with van der Waals surface area (Å²) in [5.74, 6) is -0.101. The van der Waals surface area contributed by atoms with Crippen molar-refractivity contribution in [2.24, 2.45) is 0 Å². The molecule has 1 aliphatic rings. The lowest BCUT2D eigenvalue weighted by molar-refractivity contribution is 0.0953. The van der Waals surface area contributed by atoms with Crippen LogP contribution in [0.3, 0.4) is 0 Å². The van der Waals surface area contributed by atoms with Crippen LogP contribution in [0.15, 0.2) is 42.6 Å². The number of carbonyl (C=O) groups is 1. The van der Waals surface area contributed by atoms with Crippen LogP contribution >= 0.6 is 11.6 Å². The molecule has 1 saturated heterocycles. The Morgan fingerprint density at radius 3 is 2.76 bits per heavy atom. The highest BCUT2D eigenvalue weighted by Crippen LogP contribution is 2.26. The van der Waals surface area contributed by atoms with E-state index < -0.39 is 10.0 Å². The van der Waals surface area contributed by atoms with Crippen LogP contribution in [0, 0.1) is 0 Å². The van der Waals surface area contributed by atoms with E-state index in [1.165, 1.54) is 10.6 Å². The lowest BCUT2D eigenvalue weighted by Gasteiger charge is -2.30. The van der Waals surface area contributed by atoms with Gasteiger partial charge in [-0.3, -0.25) is 9.78 Å². The van der Waals surface area contributed by atoms with Crippen LogP contribution in [-0.4, -0.2) is 49.5 Å². The summed E-state index contributed by atoms with van der Waals surface area (Å²) in [7, 11) is -3.19. The van der Waals surface area contributed by atoms with Gasteiger partial charge in [-0.2, -0.15) is 0 Å². The number of rotatable bonds is 7. The number of hydrogen-bond donors (Lipinski definition) is 1. The van der Waals surface area contributed by atoms with Crippen molar-refractivity contribution < 1.29 is 13.2 Å². The summed E-state index contributed by atoms with van der Waals surface area (Å²) in [6.45, 7) is 1.56. The van der Waals surface area contributed by atoms with Gasteiger partial charge in [-0.15, -0.1) is 0 Å². The number of sulfonamides is 1. The molecule has 1 aromatic heterocycles. The normalized spacial score (nSPS) is 17.8. The van der Waals surface area contributed by atoms with Gasteiger partial charge in [-0.1, -0.05) is 29.8 Å². The number of carbonyl (C=O) groups excluding carboxylic acids is 1. The first-order valence-corrected chi connectivity index (χ1v) is 12.0. The standard InChI is InChI=1S/C21H26ClN3O3S/c1-29(27,28)25-13-5-8-18(15-25)20-11-10-17(14-24-20)21(26)23-12-4-7-16-6-2-3-9-19(16)22/h2-3,6,9-11,14,18H,4-5,7-8,12-13,15H2,1H3,(H,23,26)/t18-/m1/s1. The number of amides is 1. The lowest BCUT2D eigenvalue weighted by atomic mass is 9.95. The van der Waals surface area contributed by atoms with Crippen molar-refractivity contribution in [3.8, 4) is 0 Å². The van der Waals surface area contributed by atoms with Crippen LogP contribution < -0.4 is 5.32 Å². The fourth-order valence-corrected chi connectivity index (χ4v) is 4.69. The van der Waals surface area contributed by atoms with Crippen LogP contribution in [0.4, 0.5) is 0 Å². The van der Waals surface area contributed by atoms with Gasteiger partial charge < -0.3 is 5.32 Å². The van der Waals surface area contributed by atoms with Crippen molar-refractivity contribution >= 4 is 27.5 Å². The van der Waals surface area contributed by atoms with Gasteiger partial charge in [-0.25, -0.2) is 12.7 Å². The predicted octanol–water partition coefficient (Wildman–Crippen LogP) is 3.24. The highest BCUT2D eigenvalue weighted by molar-refractivity contribution is 7.88. The monoisotopic (exact) mass is 435 g/mol. The molecule has 1 aromatic carbocycles. The molecule has 0 bridgehead atoms. The molecule has 3 rings (SSSR count). The van der Waals surface area contributed by atoms with E-state index >= 15 is 0 Å². The van der Waals surface area contributed by atoms with Gasteiger partial charge in [0.15, 0.2) is 0 Å². The molecule has 0 spiro atoms. The molecule has 1 atom stereocenters. The zero-order valence-corrected chi connectivity index (χ0v) is 18.0. The van der Waals surface area contributed by atoms with Gasteiger partial charge in [0.05, 0.1) is 11.8 Å². The maximum atomic E-state index is 12.3. The minimum absolute atomic E-state index is 0.0613. The third kappa shape index (κ3) is 6.01.